The van der Waals surface area contributed by atoms with Crippen LogP contribution < -0.4 is 15.4 Å². The number of pyridine rings is 2. The molecule has 0 spiro atoms. The normalized spacial score (nSPS) is 14.7. The van der Waals surface area contributed by atoms with Gasteiger partial charge >= 0.3 is 0 Å². The third kappa shape index (κ3) is 5.46. The van der Waals surface area contributed by atoms with Gasteiger partial charge in [-0.15, -0.1) is 5.10 Å². The Labute approximate surface area is 251 Å². The summed E-state index contributed by atoms with van der Waals surface area (Å²) in [5, 5.41) is 12.6. The lowest BCUT2D eigenvalue weighted by atomic mass is 10.00. The fourth-order valence-corrected chi connectivity index (χ4v) is 5.74. The van der Waals surface area contributed by atoms with Crippen LogP contribution in [0.1, 0.15) is 28.8 Å². The molecule has 0 radical (unpaired) electrons. The number of methoxy groups -OCH3 is 1. The third-order valence-electron chi connectivity index (χ3n) is 7.23. The summed E-state index contributed by atoms with van der Waals surface area (Å²) in [4.78, 5) is 31.6. The van der Waals surface area contributed by atoms with E-state index in [0.717, 1.165) is 40.3 Å². The molecule has 1 aliphatic rings. The van der Waals surface area contributed by atoms with Gasteiger partial charge in [-0.3, -0.25) is 9.59 Å². The summed E-state index contributed by atoms with van der Waals surface area (Å²) in [5.74, 6) is 0.591. The monoisotopic (exact) mass is 600 g/mol. The van der Waals surface area contributed by atoms with Gasteiger partial charge in [0, 0.05) is 71.1 Å². The number of nitrogens with one attached hydrogen (secondary N) is 2. The van der Waals surface area contributed by atoms with Crippen molar-refractivity contribution in [1.82, 2.24) is 30.4 Å². The molecule has 1 aliphatic heterocycles. The molecule has 0 aliphatic carbocycles. The Morgan fingerprint density at radius 3 is 2.64 bits per heavy atom. The number of hydrogen-bond donors (Lipinski definition) is 2. The molecule has 0 unspecified atom stereocenters. The number of ether oxygens (including phenoxy) is 1. The fraction of sp³-hybridized carbons (Fsp3) is 0.194. The van der Waals surface area contributed by atoms with E-state index < -0.39 is 0 Å². The Bertz CT molecular complexity index is 1820. The molecule has 1 amide bonds. The predicted molar refractivity (Wildman–Crippen MR) is 162 cm³/mol. The maximum Gasteiger partial charge on any atom is 0.220 e. The van der Waals surface area contributed by atoms with Crippen LogP contribution in [0.3, 0.4) is 0 Å². The summed E-state index contributed by atoms with van der Waals surface area (Å²) in [5.41, 5.74) is 5.39. The molecule has 9 nitrogen and oxygen atoms in total. The zero-order valence-corrected chi connectivity index (χ0v) is 24.1. The van der Waals surface area contributed by atoms with E-state index in [1.54, 1.807) is 24.1 Å². The van der Waals surface area contributed by atoms with Crippen molar-refractivity contribution >= 4 is 46.4 Å². The molecule has 42 heavy (non-hydrogen) atoms. The Balaban J connectivity index is 1.29. The molecule has 11 heteroatoms. The first-order chi connectivity index (χ1) is 20.4. The molecule has 212 valence electrons. The minimum Gasteiger partial charge on any atom is -0.481 e. The minimum atomic E-state index is 0.0963. The number of amides is 1. The maximum absolute atomic E-state index is 11.5. The second-order valence-electron chi connectivity index (χ2n) is 9.98. The number of aldehydes is 1. The molecule has 1 atom stereocenters. The molecular formula is C31H26Cl2N6O3. The van der Waals surface area contributed by atoms with Crippen LogP contribution in [0.2, 0.25) is 10.0 Å². The van der Waals surface area contributed by atoms with Crippen LogP contribution in [0.4, 0.5) is 0 Å². The molecule has 2 aromatic carbocycles. The van der Waals surface area contributed by atoms with Gasteiger partial charge in [0.05, 0.1) is 28.5 Å². The number of halogens is 2. The van der Waals surface area contributed by atoms with Crippen molar-refractivity contribution in [1.29, 1.82) is 0 Å². The van der Waals surface area contributed by atoms with Crippen molar-refractivity contribution in [2.24, 2.45) is 0 Å². The zero-order valence-electron chi connectivity index (χ0n) is 22.6. The first kappa shape index (κ1) is 27.8. The van der Waals surface area contributed by atoms with Crippen molar-refractivity contribution in [3.8, 4) is 34.0 Å². The summed E-state index contributed by atoms with van der Waals surface area (Å²) in [6.45, 7) is 1.22. The molecule has 4 heterocycles. The smallest absolute Gasteiger partial charge is 0.220 e. The van der Waals surface area contributed by atoms with Crippen molar-refractivity contribution in [3.63, 3.8) is 0 Å². The highest BCUT2D eigenvalue weighted by Gasteiger charge is 2.21. The highest BCUT2D eigenvalue weighted by Crippen LogP contribution is 2.41. The van der Waals surface area contributed by atoms with Crippen LogP contribution in [0.25, 0.3) is 39.1 Å². The number of aromatic nitrogens is 4. The predicted octanol–water partition coefficient (Wildman–Crippen LogP) is 5.65. The van der Waals surface area contributed by atoms with E-state index in [0.29, 0.717) is 58.0 Å². The summed E-state index contributed by atoms with van der Waals surface area (Å²) in [6.07, 6.45) is 5.43. The molecule has 1 saturated heterocycles. The second kappa shape index (κ2) is 11.9. The van der Waals surface area contributed by atoms with E-state index in [4.69, 9.17) is 32.9 Å². The molecule has 0 saturated carbocycles. The van der Waals surface area contributed by atoms with E-state index in [1.165, 1.54) is 6.20 Å². The van der Waals surface area contributed by atoms with Crippen LogP contribution >= 0.6 is 23.2 Å². The van der Waals surface area contributed by atoms with Crippen LogP contribution in [-0.2, 0) is 11.3 Å². The Morgan fingerprint density at radius 1 is 1.10 bits per heavy atom. The fourth-order valence-electron chi connectivity index (χ4n) is 5.11. The van der Waals surface area contributed by atoms with Gasteiger partial charge < -0.3 is 15.4 Å². The first-order valence-electron chi connectivity index (χ1n) is 13.4. The Morgan fingerprint density at radius 2 is 1.88 bits per heavy atom. The van der Waals surface area contributed by atoms with Gasteiger partial charge in [0.25, 0.3) is 0 Å². The lowest BCUT2D eigenvalue weighted by Gasteiger charge is -2.15. The van der Waals surface area contributed by atoms with Crippen LogP contribution in [-0.4, -0.2) is 51.6 Å². The third-order valence-corrected chi connectivity index (χ3v) is 8.03. The number of carbonyl (C=O) groups is 2. The maximum atomic E-state index is 11.5. The average molecular weight is 601 g/mol. The number of nitrogens with zero attached hydrogens (tertiary/aromatic N) is 4. The number of fused-ring (bicyclic) bond motifs is 1. The summed E-state index contributed by atoms with van der Waals surface area (Å²) in [7, 11) is 1.59. The van der Waals surface area contributed by atoms with Crippen molar-refractivity contribution in [2.75, 3.05) is 13.7 Å². The van der Waals surface area contributed by atoms with Crippen molar-refractivity contribution in [3.05, 3.63) is 88.2 Å². The van der Waals surface area contributed by atoms with Crippen molar-refractivity contribution in [2.45, 2.75) is 25.4 Å². The van der Waals surface area contributed by atoms with E-state index in [1.807, 2.05) is 48.5 Å². The van der Waals surface area contributed by atoms with Gasteiger partial charge in [0.1, 0.15) is 0 Å². The molecule has 3 aromatic heterocycles. The average Bonchev–Trinajstić information content (AvgIpc) is 3.63. The molecular weight excluding hydrogens is 575 g/mol. The van der Waals surface area contributed by atoms with Gasteiger partial charge in [-0.2, -0.15) is 0 Å². The first-order valence-corrected chi connectivity index (χ1v) is 14.1. The van der Waals surface area contributed by atoms with Gasteiger partial charge in [-0.05, 0) is 24.6 Å². The minimum absolute atomic E-state index is 0.0963. The summed E-state index contributed by atoms with van der Waals surface area (Å²) >= 11 is 13.9. The van der Waals surface area contributed by atoms with Gasteiger partial charge in [0.2, 0.25) is 11.8 Å². The quantitative estimate of drug-likeness (QED) is 0.210. The number of carbonyl (C=O) groups excluding carboxylic acids is 2. The van der Waals surface area contributed by atoms with Gasteiger partial charge in [0.15, 0.2) is 11.9 Å². The molecule has 1 fully saturated rings. The van der Waals surface area contributed by atoms with E-state index in [2.05, 4.69) is 20.7 Å². The number of hydrogen-bond acceptors (Lipinski definition) is 7. The lowest BCUT2D eigenvalue weighted by molar-refractivity contribution is -0.119. The molecule has 0 bridgehead atoms. The molecule has 2 N–H and O–H groups in total. The highest BCUT2D eigenvalue weighted by molar-refractivity contribution is 6.39. The Hall–Kier alpha value is -4.31. The summed E-state index contributed by atoms with van der Waals surface area (Å²) < 4.78 is 7.25. The molecule has 5 aromatic rings. The number of rotatable bonds is 9. The number of benzene rings is 2. The van der Waals surface area contributed by atoms with E-state index in [9.17, 15) is 9.59 Å². The van der Waals surface area contributed by atoms with Gasteiger partial charge in [-0.1, -0.05) is 59.6 Å². The topological polar surface area (TPSA) is 111 Å². The van der Waals surface area contributed by atoms with Gasteiger partial charge in [-0.25, -0.2) is 14.6 Å². The second-order valence-corrected chi connectivity index (χ2v) is 10.7. The van der Waals surface area contributed by atoms with E-state index in [-0.39, 0.29) is 11.9 Å². The van der Waals surface area contributed by atoms with Crippen molar-refractivity contribution < 1.29 is 14.3 Å². The lowest BCUT2D eigenvalue weighted by Crippen LogP contribution is -2.35. The van der Waals surface area contributed by atoms with Crippen LogP contribution in [0.5, 0.6) is 5.88 Å². The largest absolute Gasteiger partial charge is 0.481 e. The molecule has 6 rings (SSSR count). The van der Waals surface area contributed by atoms with E-state index >= 15 is 0 Å². The summed E-state index contributed by atoms with van der Waals surface area (Å²) in [6, 6.07) is 17.1. The van der Waals surface area contributed by atoms with Crippen LogP contribution in [0, 0.1) is 0 Å². The Kier molecular flexibility index (Phi) is 7.88. The van der Waals surface area contributed by atoms with Crippen LogP contribution in [0.15, 0.2) is 67.0 Å². The standard InChI is InChI=1S/C31H26Cl2N6O3/c1-42-31-19(14-34-15-21-9-11-27(41)36-21)8-10-25(37-31)24-6-2-4-22(28(24)32)23-5-3-7-26(29(23)33)39-16-20-12-18(17-40)13-35-30(20)38-39/h2-8,10,12-13,16-17,21,34H,9,11,14-15H2,1H3,(H,36,41)/t21-/m0/s1. The highest BCUT2D eigenvalue weighted by atomic mass is 35.5. The SMILES string of the molecule is COc1nc(-c2cccc(-c3cccc(-n4cc5cc(C=O)cnc5n4)c3Cl)c2Cl)ccc1CNC[C@@H]1CCC(=O)N1. The zero-order chi connectivity index (χ0) is 29.2.